The van der Waals surface area contributed by atoms with Crippen molar-refractivity contribution in [1.29, 1.82) is 0 Å². The minimum Gasteiger partial charge on any atom is -0.495 e. The van der Waals surface area contributed by atoms with E-state index in [0.29, 0.717) is 5.75 Å². The fourth-order valence-electron chi connectivity index (χ4n) is 1.70. The molecule has 7 nitrogen and oxygen atoms in total. The van der Waals surface area contributed by atoms with Crippen LogP contribution in [0, 0.1) is 10.1 Å². The topological polar surface area (TPSA) is 98.5 Å². The number of non-ortho nitro benzene ring substituents is 1. The van der Waals surface area contributed by atoms with Crippen molar-refractivity contribution < 1.29 is 18.1 Å². The number of rotatable bonds is 5. The van der Waals surface area contributed by atoms with E-state index in [-0.39, 0.29) is 16.3 Å². The van der Waals surface area contributed by atoms with E-state index >= 15 is 0 Å². The van der Waals surface area contributed by atoms with E-state index in [1.54, 1.807) is 18.2 Å². The zero-order valence-corrected chi connectivity index (χ0v) is 11.8. The third-order valence-electron chi connectivity index (χ3n) is 2.69. The van der Waals surface area contributed by atoms with E-state index in [4.69, 9.17) is 4.74 Å². The molecule has 8 heteroatoms. The quantitative estimate of drug-likeness (QED) is 0.675. The smallest absolute Gasteiger partial charge is 0.270 e. The van der Waals surface area contributed by atoms with E-state index in [2.05, 4.69) is 4.72 Å². The molecule has 0 amide bonds. The Hall–Kier alpha value is -2.61. The fourth-order valence-corrected chi connectivity index (χ4v) is 2.81. The van der Waals surface area contributed by atoms with Crippen molar-refractivity contribution in [2.45, 2.75) is 4.90 Å². The molecular formula is C13H12N2O5S. The third kappa shape index (κ3) is 3.29. The van der Waals surface area contributed by atoms with Gasteiger partial charge in [-0.2, -0.15) is 0 Å². The second-order valence-electron chi connectivity index (χ2n) is 4.06. The van der Waals surface area contributed by atoms with Gasteiger partial charge in [-0.25, -0.2) is 8.42 Å². The number of para-hydroxylation sites is 2. The number of nitro benzene ring substituents is 1. The average Bonchev–Trinajstić information content (AvgIpc) is 2.47. The molecule has 110 valence electrons. The van der Waals surface area contributed by atoms with Crippen molar-refractivity contribution in [2.75, 3.05) is 11.8 Å². The summed E-state index contributed by atoms with van der Waals surface area (Å²) in [7, 11) is -2.52. The summed E-state index contributed by atoms with van der Waals surface area (Å²) < 4.78 is 31.9. The van der Waals surface area contributed by atoms with Gasteiger partial charge < -0.3 is 4.74 Å². The maximum Gasteiger partial charge on any atom is 0.270 e. The van der Waals surface area contributed by atoms with Crippen molar-refractivity contribution >= 4 is 21.4 Å². The van der Waals surface area contributed by atoms with Crippen molar-refractivity contribution in [3.63, 3.8) is 0 Å². The van der Waals surface area contributed by atoms with Crippen LogP contribution < -0.4 is 9.46 Å². The Kier molecular flexibility index (Phi) is 4.08. The van der Waals surface area contributed by atoms with Crippen LogP contribution >= 0.6 is 0 Å². The Labute approximate surface area is 121 Å². The number of nitrogens with zero attached hydrogens (tertiary/aromatic N) is 1. The molecule has 0 bridgehead atoms. The summed E-state index contributed by atoms with van der Waals surface area (Å²) in [5, 5.41) is 10.7. The lowest BCUT2D eigenvalue weighted by Gasteiger charge is -2.11. The molecular weight excluding hydrogens is 296 g/mol. The van der Waals surface area contributed by atoms with Gasteiger partial charge >= 0.3 is 0 Å². The normalized spacial score (nSPS) is 10.9. The first-order valence-corrected chi connectivity index (χ1v) is 7.32. The SMILES string of the molecule is COc1ccccc1NS(=O)(=O)c1cccc([N+](=O)[O-])c1. The summed E-state index contributed by atoms with van der Waals surface area (Å²) in [5.41, 5.74) is -0.0376. The molecule has 0 aliphatic rings. The molecule has 0 heterocycles. The number of methoxy groups -OCH3 is 1. The van der Waals surface area contributed by atoms with Crippen LogP contribution in [0.2, 0.25) is 0 Å². The van der Waals surface area contributed by atoms with Crippen LogP contribution in [0.1, 0.15) is 0 Å². The molecule has 0 aliphatic carbocycles. The lowest BCUT2D eigenvalue weighted by atomic mass is 10.3. The lowest BCUT2D eigenvalue weighted by Crippen LogP contribution is -2.13. The molecule has 2 aromatic rings. The van der Waals surface area contributed by atoms with Crippen LogP contribution in [0.25, 0.3) is 0 Å². The summed E-state index contributed by atoms with van der Waals surface area (Å²) in [6, 6.07) is 11.3. The number of anilines is 1. The van der Waals surface area contributed by atoms with Gasteiger partial charge in [0.1, 0.15) is 5.75 Å². The Bertz CT molecular complexity index is 774. The van der Waals surface area contributed by atoms with E-state index < -0.39 is 14.9 Å². The molecule has 21 heavy (non-hydrogen) atoms. The lowest BCUT2D eigenvalue weighted by molar-refractivity contribution is -0.385. The zero-order chi connectivity index (χ0) is 15.5. The first kappa shape index (κ1) is 14.8. The molecule has 2 aromatic carbocycles. The third-order valence-corrected chi connectivity index (χ3v) is 4.05. The molecule has 1 N–H and O–H groups in total. The highest BCUT2D eigenvalue weighted by Gasteiger charge is 2.19. The molecule has 0 fully saturated rings. The maximum atomic E-state index is 12.3. The Morgan fingerprint density at radius 2 is 1.86 bits per heavy atom. The van der Waals surface area contributed by atoms with E-state index in [9.17, 15) is 18.5 Å². The van der Waals surface area contributed by atoms with Gasteiger partial charge in [-0.05, 0) is 18.2 Å². The highest BCUT2D eigenvalue weighted by molar-refractivity contribution is 7.92. The number of benzene rings is 2. The number of hydrogen-bond acceptors (Lipinski definition) is 5. The van der Waals surface area contributed by atoms with Gasteiger partial charge in [0, 0.05) is 12.1 Å². The monoisotopic (exact) mass is 308 g/mol. The van der Waals surface area contributed by atoms with Crippen molar-refractivity contribution in [2.24, 2.45) is 0 Å². The fraction of sp³-hybridized carbons (Fsp3) is 0.0769. The van der Waals surface area contributed by atoms with Gasteiger partial charge in [0.15, 0.2) is 0 Å². The minimum absolute atomic E-state index is 0.192. The number of nitrogens with one attached hydrogen (secondary N) is 1. The van der Waals surface area contributed by atoms with Crippen molar-refractivity contribution in [1.82, 2.24) is 0 Å². The van der Waals surface area contributed by atoms with Crippen LogP contribution in [0.3, 0.4) is 0 Å². The largest absolute Gasteiger partial charge is 0.495 e. The predicted octanol–water partition coefficient (Wildman–Crippen LogP) is 2.40. The Morgan fingerprint density at radius 1 is 1.14 bits per heavy atom. The zero-order valence-electron chi connectivity index (χ0n) is 11.0. The van der Waals surface area contributed by atoms with E-state index in [1.165, 1.54) is 31.4 Å². The number of ether oxygens (including phenoxy) is 1. The van der Waals surface area contributed by atoms with E-state index in [0.717, 1.165) is 6.07 Å². The van der Waals surface area contributed by atoms with Gasteiger partial charge in [0.05, 0.1) is 22.6 Å². The first-order chi connectivity index (χ1) is 9.94. The van der Waals surface area contributed by atoms with Gasteiger partial charge in [-0.1, -0.05) is 18.2 Å². The average molecular weight is 308 g/mol. The summed E-state index contributed by atoms with van der Waals surface area (Å²) in [5.74, 6) is 0.353. The standard InChI is InChI=1S/C13H12N2O5S/c1-20-13-8-3-2-7-12(13)14-21(18,19)11-6-4-5-10(9-11)15(16)17/h2-9,14H,1H3. The van der Waals surface area contributed by atoms with Crippen LogP contribution in [-0.4, -0.2) is 20.5 Å². The van der Waals surface area contributed by atoms with Crippen LogP contribution in [0.15, 0.2) is 53.4 Å². The number of sulfonamides is 1. The molecule has 0 spiro atoms. The van der Waals surface area contributed by atoms with Gasteiger partial charge in [-0.3, -0.25) is 14.8 Å². The number of nitro groups is 1. The number of hydrogen-bond donors (Lipinski definition) is 1. The Morgan fingerprint density at radius 3 is 2.52 bits per heavy atom. The molecule has 2 rings (SSSR count). The minimum atomic E-state index is -3.94. The van der Waals surface area contributed by atoms with Crippen LogP contribution in [-0.2, 0) is 10.0 Å². The molecule has 0 unspecified atom stereocenters. The molecule has 0 saturated carbocycles. The second kappa shape index (κ2) is 5.80. The molecule has 0 atom stereocenters. The highest BCUT2D eigenvalue weighted by atomic mass is 32.2. The van der Waals surface area contributed by atoms with Crippen LogP contribution in [0.4, 0.5) is 11.4 Å². The summed E-state index contributed by atoms with van der Waals surface area (Å²) >= 11 is 0. The molecule has 0 saturated heterocycles. The van der Waals surface area contributed by atoms with Gasteiger partial charge in [-0.15, -0.1) is 0 Å². The van der Waals surface area contributed by atoms with Crippen molar-refractivity contribution in [3.05, 3.63) is 58.6 Å². The van der Waals surface area contributed by atoms with Crippen LogP contribution in [0.5, 0.6) is 5.75 Å². The summed E-state index contributed by atoms with van der Waals surface area (Å²) in [6.45, 7) is 0. The second-order valence-corrected chi connectivity index (χ2v) is 5.74. The maximum absolute atomic E-state index is 12.3. The molecule has 0 aliphatic heterocycles. The highest BCUT2D eigenvalue weighted by Crippen LogP contribution is 2.27. The first-order valence-electron chi connectivity index (χ1n) is 5.84. The summed E-state index contributed by atoms with van der Waals surface area (Å²) in [4.78, 5) is 9.87. The van der Waals surface area contributed by atoms with Crippen molar-refractivity contribution in [3.8, 4) is 5.75 Å². The summed E-state index contributed by atoms with van der Waals surface area (Å²) in [6.07, 6.45) is 0. The van der Waals surface area contributed by atoms with Gasteiger partial charge in [0.2, 0.25) is 0 Å². The molecule has 0 radical (unpaired) electrons. The Balaban J connectivity index is 2.39. The predicted molar refractivity (Wildman–Crippen MR) is 76.9 cm³/mol. The van der Waals surface area contributed by atoms with E-state index in [1.807, 2.05) is 0 Å². The van der Waals surface area contributed by atoms with Gasteiger partial charge in [0.25, 0.3) is 15.7 Å². The molecule has 0 aromatic heterocycles.